The molecule has 3 aromatic carbocycles. The van der Waals surface area contributed by atoms with Crippen molar-refractivity contribution in [3.05, 3.63) is 102 Å². The maximum atomic E-state index is 15.1. The quantitative estimate of drug-likeness (QED) is 0.0194. The lowest BCUT2D eigenvalue weighted by Crippen LogP contribution is -2.62. The molecule has 2 heterocycles. The molecule has 0 unspecified atom stereocenters. The molecule has 0 radical (unpaired) electrons. The molecular formula is C62H82N12O20S. The van der Waals surface area contributed by atoms with E-state index in [1.165, 1.54) is 38.1 Å². The molecule has 1 fully saturated rings. The van der Waals surface area contributed by atoms with Crippen molar-refractivity contribution in [2.24, 2.45) is 11.7 Å². The number of aliphatic carboxylic acids is 3. The first-order valence-corrected chi connectivity index (χ1v) is 31.0. The van der Waals surface area contributed by atoms with E-state index in [0.717, 1.165) is 11.8 Å². The average Bonchev–Trinajstić information content (AvgIpc) is 1.75. The third kappa shape index (κ3) is 22.8. The first kappa shape index (κ1) is 76.0. The number of hydrogen-bond donors (Lipinski definition) is 19. The van der Waals surface area contributed by atoms with Gasteiger partial charge in [-0.1, -0.05) is 74.5 Å². The third-order valence-electron chi connectivity index (χ3n) is 15.5. The number of carboxylic acids is 3. The van der Waals surface area contributed by atoms with Gasteiger partial charge in [0, 0.05) is 61.5 Å². The summed E-state index contributed by atoms with van der Waals surface area (Å²) in [5, 5.41) is 91.8. The Morgan fingerprint density at radius 3 is 1.63 bits per heavy atom. The Morgan fingerprint density at radius 2 is 1.04 bits per heavy atom. The Bertz CT molecular complexity index is 3370. The molecule has 0 aliphatic carbocycles. The summed E-state index contributed by atoms with van der Waals surface area (Å²) in [4.78, 5) is 179. The topological polar surface area (TPSA) is 517 Å². The highest BCUT2D eigenvalue weighted by molar-refractivity contribution is 7.80. The summed E-state index contributed by atoms with van der Waals surface area (Å²) >= 11 is 4.14. The Hall–Kier alpha value is -9.70. The molecule has 0 saturated carbocycles. The predicted octanol–water partition coefficient (Wildman–Crippen LogP) is -3.65. The van der Waals surface area contributed by atoms with Crippen molar-refractivity contribution in [2.45, 2.75) is 151 Å². The number of aliphatic hydroxyl groups is 3. The van der Waals surface area contributed by atoms with E-state index in [1.807, 2.05) is 0 Å². The number of para-hydroxylation sites is 1. The third-order valence-corrected chi connectivity index (χ3v) is 15.9. The molecule has 10 amide bonds. The van der Waals surface area contributed by atoms with Crippen molar-refractivity contribution in [1.82, 2.24) is 57.7 Å². The zero-order chi connectivity index (χ0) is 70.2. The number of benzene rings is 3. The summed E-state index contributed by atoms with van der Waals surface area (Å²) < 4.78 is 0. The normalized spacial score (nSPS) is 16.3. The number of likely N-dealkylation sites (tertiary alicyclic amines) is 1. The molecule has 1 aliphatic rings. The molecule has 32 nitrogen and oxygen atoms in total. The zero-order valence-corrected chi connectivity index (χ0v) is 53.1. The van der Waals surface area contributed by atoms with Crippen LogP contribution in [0.3, 0.4) is 0 Å². The number of aromatic nitrogens is 1. The largest absolute Gasteiger partial charge is 0.508 e. The molecule has 0 bridgehead atoms. The van der Waals surface area contributed by atoms with Crippen molar-refractivity contribution < 1.29 is 98.1 Å². The van der Waals surface area contributed by atoms with Gasteiger partial charge < -0.3 is 99.2 Å². The molecule has 1 saturated heterocycles. The van der Waals surface area contributed by atoms with Gasteiger partial charge in [0.05, 0.1) is 25.4 Å². The molecule has 1 aliphatic heterocycles. The number of aliphatic hydroxyl groups excluding tert-OH is 3. The van der Waals surface area contributed by atoms with Crippen LogP contribution in [0.15, 0.2) is 85.1 Å². The molecule has 95 heavy (non-hydrogen) atoms. The Kier molecular flexibility index (Phi) is 29.3. The molecule has 19 N–H and O–H groups in total. The number of amides is 10. The number of hydrogen-bond acceptors (Lipinski definition) is 19. The number of aromatic amines is 1. The van der Waals surface area contributed by atoms with E-state index in [1.54, 1.807) is 60.8 Å². The van der Waals surface area contributed by atoms with Crippen LogP contribution in [-0.4, -0.2) is 221 Å². The average molecular weight is 1350 g/mol. The van der Waals surface area contributed by atoms with Gasteiger partial charge in [0.2, 0.25) is 59.1 Å². The summed E-state index contributed by atoms with van der Waals surface area (Å²) in [5.41, 5.74) is 7.76. The van der Waals surface area contributed by atoms with Crippen molar-refractivity contribution in [3.63, 3.8) is 0 Å². The van der Waals surface area contributed by atoms with Gasteiger partial charge in [-0.2, -0.15) is 12.6 Å². The van der Waals surface area contributed by atoms with Gasteiger partial charge in [0.1, 0.15) is 66.2 Å². The molecule has 516 valence electrons. The van der Waals surface area contributed by atoms with E-state index < -0.39 is 194 Å². The van der Waals surface area contributed by atoms with E-state index in [4.69, 9.17) is 10.8 Å². The fourth-order valence-corrected chi connectivity index (χ4v) is 10.5. The summed E-state index contributed by atoms with van der Waals surface area (Å²) in [6, 6.07) is 3.16. The molecular weight excluding hydrogens is 1260 g/mol. The van der Waals surface area contributed by atoms with E-state index >= 15 is 4.79 Å². The van der Waals surface area contributed by atoms with Crippen LogP contribution in [0, 0.1) is 5.92 Å². The van der Waals surface area contributed by atoms with Gasteiger partial charge in [-0.25, -0.2) is 4.79 Å². The number of thiol groups is 1. The maximum Gasteiger partial charge on any atom is 0.326 e. The summed E-state index contributed by atoms with van der Waals surface area (Å²) in [7, 11) is 0. The van der Waals surface area contributed by atoms with Gasteiger partial charge >= 0.3 is 17.9 Å². The number of rotatable bonds is 37. The number of phenols is 1. The second-order valence-corrected chi connectivity index (χ2v) is 23.4. The van der Waals surface area contributed by atoms with Gasteiger partial charge in [-0.15, -0.1) is 0 Å². The van der Waals surface area contributed by atoms with Crippen LogP contribution in [0.25, 0.3) is 10.9 Å². The van der Waals surface area contributed by atoms with Crippen LogP contribution in [0.2, 0.25) is 0 Å². The fraction of sp³-hybridized carbons (Fsp3) is 0.468. The lowest BCUT2D eigenvalue weighted by atomic mass is 10.0. The van der Waals surface area contributed by atoms with Crippen molar-refractivity contribution in [3.8, 4) is 5.75 Å². The first-order chi connectivity index (χ1) is 45.0. The molecule has 5 rings (SSSR count). The highest BCUT2D eigenvalue weighted by Crippen LogP contribution is 2.23. The molecule has 4 aromatic rings. The van der Waals surface area contributed by atoms with Gasteiger partial charge in [0.25, 0.3) is 0 Å². The fourth-order valence-electron chi connectivity index (χ4n) is 10.2. The smallest absolute Gasteiger partial charge is 0.326 e. The summed E-state index contributed by atoms with van der Waals surface area (Å²) in [6.45, 7) is 2.02. The number of nitrogens with two attached hydrogens (primary N) is 1. The minimum atomic E-state index is -1.86. The van der Waals surface area contributed by atoms with E-state index in [2.05, 4.69) is 65.5 Å². The standard InChI is InChI=1S/C62H82N12O20S/c1-31(2)50(62(93)94)72-55(86)41(24-34-15-17-36(78)18-16-34)66-56(87)45(29-76)70-53(84)40(20-22-49(81)82)65-59(90)47-14-9-23-74(47)61(92)43(25-33-10-5-4-6-11-33)68-54(85)42(26-35-27-64-39-13-8-7-12-37(35)39)67-60(91)51(32(3)77)73-58(89)46(30-95)71-57(88)44(28-75)69-52(83)38(63)19-21-48(79)80/h4-8,10-13,15-18,27,31-32,38,40-47,50-51,64,75-78,95H,9,14,19-26,28-30,63H2,1-3H3,(H,65,90)(H,66,87)(H,67,91)(H,68,85)(H,69,83)(H,70,84)(H,71,88)(H,72,86)(H,73,89)(H,79,80)(H,81,82)(H,93,94)/t32-,38+,40+,41+,42+,43+,44+,45+,46+,47+,50+,51+/m1/s1. The minimum Gasteiger partial charge on any atom is -0.508 e. The lowest BCUT2D eigenvalue weighted by molar-refractivity contribution is -0.144. The van der Waals surface area contributed by atoms with Gasteiger partial charge in [-0.05, 0) is 73.4 Å². The van der Waals surface area contributed by atoms with E-state index in [0.29, 0.717) is 27.6 Å². The highest BCUT2D eigenvalue weighted by Gasteiger charge is 2.42. The number of carbonyl (C=O) groups excluding carboxylic acids is 10. The number of H-pyrrole nitrogens is 1. The van der Waals surface area contributed by atoms with Crippen LogP contribution in [-0.2, 0) is 81.6 Å². The molecule has 1 aromatic heterocycles. The highest BCUT2D eigenvalue weighted by atomic mass is 32.1. The Labute approximate surface area is 550 Å². The van der Waals surface area contributed by atoms with E-state index in [9.17, 15) is 88.2 Å². The first-order valence-electron chi connectivity index (χ1n) is 30.4. The van der Waals surface area contributed by atoms with Crippen LogP contribution in [0.5, 0.6) is 5.75 Å². The number of nitrogens with zero attached hydrogens (tertiary/aromatic N) is 1. The van der Waals surface area contributed by atoms with Crippen molar-refractivity contribution in [2.75, 3.05) is 25.5 Å². The lowest BCUT2D eigenvalue weighted by Gasteiger charge is -2.31. The summed E-state index contributed by atoms with van der Waals surface area (Å²) in [5.74, 6) is -15.6. The van der Waals surface area contributed by atoms with E-state index in [-0.39, 0.29) is 50.8 Å². The minimum absolute atomic E-state index is 0.0184. The number of nitrogens with one attached hydrogen (secondary N) is 10. The van der Waals surface area contributed by atoms with Gasteiger partial charge in [0.15, 0.2) is 0 Å². The van der Waals surface area contributed by atoms with Crippen LogP contribution >= 0.6 is 12.6 Å². The zero-order valence-electron chi connectivity index (χ0n) is 52.2. The number of carboxylic acid groups (broad SMARTS) is 3. The monoisotopic (exact) mass is 1350 g/mol. The van der Waals surface area contributed by atoms with Crippen LogP contribution in [0.1, 0.15) is 76.0 Å². The number of carbonyl (C=O) groups is 13. The van der Waals surface area contributed by atoms with Crippen molar-refractivity contribution >= 4 is 101 Å². The second-order valence-electron chi connectivity index (χ2n) is 23.1. The van der Waals surface area contributed by atoms with Crippen LogP contribution < -0.4 is 53.6 Å². The predicted molar refractivity (Wildman–Crippen MR) is 340 cm³/mol. The van der Waals surface area contributed by atoms with Crippen molar-refractivity contribution in [1.29, 1.82) is 0 Å². The van der Waals surface area contributed by atoms with Crippen LogP contribution in [0.4, 0.5) is 0 Å². The Balaban J connectivity index is 1.38. The molecule has 0 spiro atoms. The Morgan fingerprint density at radius 1 is 0.558 bits per heavy atom. The number of aromatic hydroxyl groups is 1. The number of fused-ring (bicyclic) bond motifs is 1. The molecule has 33 heteroatoms. The SMILES string of the molecule is CC(C)[C@H](NC(=O)[C@H](Cc1ccc(O)cc1)NC(=O)[C@H](CO)NC(=O)[C@H](CCC(=O)O)NC(=O)[C@@H]1CCCN1C(=O)[C@H](Cc1ccccc1)NC(=O)[C@H](Cc1c[nH]c2ccccc12)NC(=O)[C@@H](NC(=O)[C@H](CS)NC(=O)[C@H](CO)NC(=O)[C@@H](N)CCC(=O)O)[C@@H](C)O)C(=O)O. The second kappa shape index (κ2) is 36.7. The van der Waals surface area contributed by atoms with Gasteiger partial charge in [-0.3, -0.25) is 57.5 Å². The number of phenolic OH excluding ortho intramolecular Hbond substituents is 1. The maximum absolute atomic E-state index is 15.1. The summed E-state index contributed by atoms with van der Waals surface area (Å²) in [6.07, 6.45) is -2.81. The molecule has 12 atom stereocenters.